The molecule has 3 heterocycles. The number of hydrogen-bond acceptors (Lipinski definition) is 5. The summed E-state index contributed by atoms with van der Waals surface area (Å²) in [6, 6.07) is 4.15. The van der Waals surface area contributed by atoms with Gasteiger partial charge in [-0.05, 0) is 30.2 Å². The molecule has 0 saturated carbocycles. The third-order valence-electron chi connectivity index (χ3n) is 4.27. The first-order chi connectivity index (χ1) is 10.7. The zero-order valence-electron chi connectivity index (χ0n) is 12.7. The number of amides is 1. The second-order valence-corrected chi connectivity index (χ2v) is 6.83. The number of likely N-dealkylation sites (tertiary alicyclic amines) is 1. The minimum Gasteiger partial charge on any atom is -0.333 e. The molecule has 22 heavy (non-hydrogen) atoms. The van der Waals surface area contributed by atoms with Crippen molar-refractivity contribution in [2.75, 3.05) is 13.1 Å². The van der Waals surface area contributed by atoms with Crippen molar-refractivity contribution in [3.63, 3.8) is 0 Å². The summed E-state index contributed by atoms with van der Waals surface area (Å²) in [5.41, 5.74) is 6.27. The maximum Gasteiger partial charge on any atom is 0.276 e. The fraction of sp³-hybridized carbons (Fsp3) is 0.533. The second-order valence-electron chi connectivity index (χ2n) is 5.80. The van der Waals surface area contributed by atoms with E-state index in [1.54, 1.807) is 22.2 Å². The summed E-state index contributed by atoms with van der Waals surface area (Å²) in [7, 11) is 0. The molecule has 3 rings (SSSR count). The number of carbonyl (C=O) groups is 1. The van der Waals surface area contributed by atoms with Crippen molar-refractivity contribution in [3.8, 4) is 0 Å². The first-order valence-electron chi connectivity index (χ1n) is 7.62. The molecular weight excluding hydrogens is 298 g/mol. The molecule has 0 radical (unpaired) electrons. The maximum atomic E-state index is 12.7. The Bertz CT molecular complexity index is 624. The van der Waals surface area contributed by atoms with Gasteiger partial charge in [-0.2, -0.15) is 0 Å². The van der Waals surface area contributed by atoms with E-state index in [2.05, 4.69) is 17.2 Å². The Morgan fingerprint density at radius 1 is 1.55 bits per heavy atom. The van der Waals surface area contributed by atoms with Crippen LogP contribution >= 0.6 is 11.3 Å². The molecule has 7 heteroatoms. The molecule has 1 amide bonds. The normalized spacial score (nSPS) is 22.0. The van der Waals surface area contributed by atoms with Gasteiger partial charge in [0.05, 0.1) is 12.7 Å². The predicted molar refractivity (Wildman–Crippen MR) is 85.7 cm³/mol. The summed E-state index contributed by atoms with van der Waals surface area (Å²) in [6.07, 6.45) is 3.87. The number of thiophene rings is 1. The summed E-state index contributed by atoms with van der Waals surface area (Å²) in [5, 5.41) is 10.1. The second kappa shape index (κ2) is 6.58. The average molecular weight is 319 g/mol. The zero-order valence-corrected chi connectivity index (χ0v) is 13.5. The summed E-state index contributed by atoms with van der Waals surface area (Å²) >= 11 is 1.67. The number of piperidine rings is 1. The predicted octanol–water partition coefficient (Wildman–Crippen LogP) is 1.59. The van der Waals surface area contributed by atoms with Crippen LogP contribution in [0.15, 0.2) is 23.7 Å². The van der Waals surface area contributed by atoms with Crippen molar-refractivity contribution in [2.24, 2.45) is 11.7 Å². The van der Waals surface area contributed by atoms with E-state index in [-0.39, 0.29) is 11.9 Å². The van der Waals surface area contributed by atoms with E-state index in [0.29, 0.717) is 24.7 Å². The Hall–Kier alpha value is -1.73. The molecule has 118 valence electrons. The van der Waals surface area contributed by atoms with Crippen LogP contribution in [0.2, 0.25) is 0 Å². The van der Waals surface area contributed by atoms with Gasteiger partial charge in [0, 0.05) is 24.0 Å². The molecule has 1 saturated heterocycles. The first-order valence-corrected chi connectivity index (χ1v) is 8.50. The molecule has 2 aromatic rings. The van der Waals surface area contributed by atoms with Gasteiger partial charge in [-0.1, -0.05) is 18.2 Å². The van der Waals surface area contributed by atoms with Crippen molar-refractivity contribution in [3.05, 3.63) is 34.3 Å². The molecule has 0 bridgehead atoms. The Morgan fingerprint density at radius 3 is 3.14 bits per heavy atom. The largest absolute Gasteiger partial charge is 0.333 e. The first kappa shape index (κ1) is 15.2. The van der Waals surface area contributed by atoms with Crippen LogP contribution in [0, 0.1) is 5.92 Å². The van der Waals surface area contributed by atoms with Gasteiger partial charge in [-0.15, -0.1) is 16.4 Å². The Kier molecular flexibility index (Phi) is 4.54. The van der Waals surface area contributed by atoms with Gasteiger partial charge in [0.2, 0.25) is 0 Å². The van der Waals surface area contributed by atoms with E-state index in [9.17, 15) is 4.79 Å². The molecule has 1 fully saturated rings. The summed E-state index contributed by atoms with van der Waals surface area (Å²) < 4.78 is 1.71. The number of hydrogen-bond donors (Lipinski definition) is 1. The topological polar surface area (TPSA) is 77.0 Å². The van der Waals surface area contributed by atoms with E-state index in [1.165, 1.54) is 4.88 Å². The quantitative estimate of drug-likeness (QED) is 0.928. The molecule has 1 aliphatic heterocycles. The average Bonchev–Trinajstić information content (AvgIpc) is 3.18. The highest BCUT2D eigenvalue weighted by atomic mass is 32.1. The minimum absolute atomic E-state index is 0.0561. The lowest BCUT2D eigenvalue weighted by molar-refractivity contribution is 0.0526. The highest BCUT2D eigenvalue weighted by Crippen LogP contribution is 2.24. The third-order valence-corrected chi connectivity index (χ3v) is 5.13. The van der Waals surface area contributed by atoms with E-state index >= 15 is 0 Å². The molecule has 2 atom stereocenters. The molecule has 2 N–H and O–H groups in total. The van der Waals surface area contributed by atoms with Gasteiger partial charge < -0.3 is 10.6 Å². The minimum atomic E-state index is -0.0561. The molecule has 6 nitrogen and oxygen atoms in total. The zero-order chi connectivity index (χ0) is 15.5. The lowest BCUT2D eigenvalue weighted by atomic mass is 9.90. The van der Waals surface area contributed by atoms with Crippen LogP contribution in [0.4, 0.5) is 0 Å². The van der Waals surface area contributed by atoms with Crippen LogP contribution in [0.25, 0.3) is 0 Å². The lowest BCUT2D eigenvalue weighted by Crippen LogP contribution is -2.51. The molecule has 0 spiro atoms. The lowest BCUT2D eigenvalue weighted by Gasteiger charge is -2.39. The van der Waals surface area contributed by atoms with Crippen molar-refractivity contribution in [1.29, 1.82) is 0 Å². The molecule has 2 aromatic heterocycles. The number of rotatable bonds is 4. The fourth-order valence-electron chi connectivity index (χ4n) is 3.04. The smallest absolute Gasteiger partial charge is 0.276 e. The highest BCUT2D eigenvalue weighted by molar-refractivity contribution is 7.09. The molecular formula is C15H21N5OS. The summed E-state index contributed by atoms with van der Waals surface area (Å²) in [5.74, 6) is 0.378. The van der Waals surface area contributed by atoms with Crippen molar-refractivity contribution >= 4 is 17.2 Å². The van der Waals surface area contributed by atoms with Crippen LogP contribution < -0.4 is 5.73 Å². The van der Waals surface area contributed by atoms with Crippen LogP contribution in [0.1, 0.15) is 35.1 Å². The van der Waals surface area contributed by atoms with Crippen LogP contribution in [-0.4, -0.2) is 44.9 Å². The molecule has 0 unspecified atom stereocenters. The molecule has 0 aromatic carbocycles. The summed E-state index contributed by atoms with van der Waals surface area (Å²) in [6.45, 7) is 4.05. The van der Waals surface area contributed by atoms with Crippen molar-refractivity contribution < 1.29 is 4.79 Å². The Morgan fingerprint density at radius 2 is 2.41 bits per heavy atom. The number of carbonyl (C=O) groups excluding carboxylic acids is 1. The summed E-state index contributed by atoms with van der Waals surface area (Å²) in [4.78, 5) is 15.7. The SMILES string of the molecule is C[C@@H]1CCCN(C(=O)c2cn(Cc3cccs3)nn2)[C@H]1CN. The van der Waals surface area contributed by atoms with Gasteiger partial charge in [0.25, 0.3) is 5.91 Å². The molecule has 1 aliphatic rings. The van der Waals surface area contributed by atoms with Gasteiger partial charge in [-0.25, -0.2) is 4.68 Å². The fourth-order valence-corrected chi connectivity index (χ4v) is 3.74. The van der Waals surface area contributed by atoms with E-state index in [0.717, 1.165) is 19.4 Å². The standard InChI is InChI=1S/C15H21N5OS/c1-11-4-2-6-20(14(11)8-16)15(21)13-10-19(18-17-13)9-12-5-3-7-22-12/h3,5,7,10-11,14H,2,4,6,8-9,16H2,1H3/t11-,14+/m1/s1. The van der Waals surface area contributed by atoms with Crippen LogP contribution in [0.3, 0.4) is 0 Å². The van der Waals surface area contributed by atoms with Crippen molar-refractivity contribution in [1.82, 2.24) is 19.9 Å². The van der Waals surface area contributed by atoms with E-state index in [1.807, 2.05) is 22.4 Å². The number of nitrogens with two attached hydrogens (primary N) is 1. The molecule has 0 aliphatic carbocycles. The van der Waals surface area contributed by atoms with Gasteiger partial charge in [0.15, 0.2) is 5.69 Å². The Balaban J connectivity index is 1.73. The maximum absolute atomic E-state index is 12.7. The highest BCUT2D eigenvalue weighted by Gasteiger charge is 2.32. The van der Waals surface area contributed by atoms with E-state index in [4.69, 9.17) is 5.73 Å². The van der Waals surface area contributed by atoms with Gasteiger partial charge in [0.1, 0.15) is 0 Å². The van der Waals surface area contributed by atoms with Crippen LogP contribution in [-0.2, 0) is 6.54 Å². The third kappa shape index (κ3) is 3.05. The number of aromatic nitrogens is 3. The van der Waals surface area contributed by atoms with Crippen molar-refractivity contribution in [2.45, 2.75) is 32.4 Å². The Labute approximate surface area is 133 Å². The monoisotopic (exact) mass is 319 g/mol. The van der Waals surface area contributed by atoms with E-state index < -0.39 is 0 Å². The van der Waals surface area contributed by atoms with Crippen LogP contribution in [0.5, 0.6) is 0 Å². The van der Waals surface area contributed by atoms with Gasteiger partial charge >= 0.3 is 0 Å². The van der Waals surface area contributed by atoms with Gasteiger partial charge in [-0.3, -0.25) is 4.79 Å². The number of nitrogens with zero attached hydrogens (tertiary/aromatic N) is 4.